The summed E-state index contributed by atoms with van der Waals surface area (Å²) in [7, 11) is 0. The number of nitrogens with zero attached hydrogens (tertiary/aromatic N) is 1. The van der Waals surface area contributed by atoms with Crippen molar-refractivity contribution in [2.45, 2.75) is 12.8 Å². The van der Waals surface area contributed by atoms with Crippen molar-refractivity contribution < 1.29 is 14.3 Å². The molecule has 6 nitrogen and oxygen atoms in total. The summed E-state index contributed by atoms with van der Waals surface area (Å²) in [5.74, 6) is 0.400. The lowest BCUT2D eigenvalue weighted by atomic mass is 10.1. The summed E-state index contributed by atoms with van der Waals surface area (Å²) in [4.78, 5) is 28.1. The fraction of sp³-hybridized carbons (Fsp3) is 0.150. The Labute approximate surface area is 150 Å². The highest BCUT2D eigenvalue weighted by molar-refractivity contribution is 6.00. The van der Waals surface area contributed by atoms with E-state index >= 15 is 0 Å². The van der Waals surface area contributed by atoms with Gasteiger partial charge in [-0.3, -0.25) is 14.6 Å². The summed E-state index contributed by atoms with van der Waals surface area (Å²) in [6.45, 7) is 0.0355. The van der Waals surface area contributed by atoms with Crippen LogP contribution in [-0.2, 0) is 16.0 Å². The van der Waals surface area contributed by atoms with Gasteiger partial charge in [-0.2, -0.15) is 0 Å². The molecule has 0 radical (unpaired) electrons. The van der Waals surface area contributed by atoms with E-state index < -0.39 is 0 Å². The number of para-hydroxylation sites is 1. The van der Waals surface area contributed by atoms with Gasteiger partial charge in [-0.15, -0.1) is 0 Å². The molecule has 2 N–H and O–H groups in total. The van der Waals surface area contributed by atoms with Crippen LogP contribution in [0.15, 0.2) is 54.7 Å². The van der Waals surface area contributed by atoms with Gasteiger partial charge in [0.15, 0.2) is 6.61 Å². The first-order valence-corrected chi connectivity index (χ1v) is 8.38. The topological polar surface area (TPSA) is 80.3 Å². The molecule has 2 heterocycles. The van der Waals surface area contributed by atoms with Crippen LogP contribution in [-0.4, -0.2) is 23.4 Å². The Morgan fingerprint density at radius 2 is 2.08 bits per heavy atom. The molecule has 0 aliphatic carbocycles. The predicted molar refractivity (Wildman–Crippen MR) is 99.3 cm³/mol. The molecule has 0 atom stereocenters. The third kappa shape index (κ3) is 3.35. The number of fused-ring (bicyclic) bond motifs is 2. The van der Waals surface area contributed by atoms with Crippen LogP contribution < -0.4 is 15.4 Å². The highest BCUT2D eigenvalue weighted by Gasteiger charge is 2.16. The van der Waals surface area contributed by atoms with E-state index in [0.717, 1.165) is 16.5 Å². The van der Waals surface area contributed by atoms with Crippen LogP contribution in [0, 0.1) is 0 Å². The Bertz CT molecular complexity index is 995. The summed E-state index contributed by atoms with van der Waals surface area (Å²) in [5, 5.41) is 6.69. The van der Waals surface area contributed by atoms with Gasteiger partial charge < -0.3 is 15.4 Å². The number of ether oxygens (including phenoxy) is 1. The van der Waals surface area contributed by atoms with Gasteiger partial charge in [0, 0.05) is 18.0 Å². The Balaban J connectivity index is 1.43. The van der Waals surface area contributed by atoms with Gasteiger partial charge in [0.2, 0.25) is 5.91 Å². The third-order valence-corrected chi connectivity index (χ3v) is 4.22. The van der Waals surface area contributed by atoms with Gasteiger partial charge in [-0.1, -0.05) is 24.3 Å². The van der Waals surface area contributed by atoms with Crippen molar-refractivity contribution in [1.82, 2.24) is 4.98 Å². The average Bonchev–Trinajstić information content (AvgIpc) is 2.66. The number of pyridine rings is 1. The molecule has 0 saturated heterocycles. The number of benzene rings is 2. The second-order valence-corrected chi connectivity index (χ2v) is 6.10. The molecule has 0 fully saturated rings. The quantitative estimate of drug-likeness (QED) is 0.760. The Kier molecular flexibility index (Phi) is 4.23. The number of rotatable bonds is 4. The molecule has 26 heavy (non-hydrogen) atoms. The fourth-order valence-corrected chi connectivity index (χ4v) is 2.96. The van der Waals surface area contributed by atoms with Crippen LogP contribution >= 0.6 is 0 Å². The molecule has 3 aromatic rings. The van der Waals surface area contributed by atoms with Crippen molar-refractivity contribution in [3.63, 3.8) is 0 Å². The monoisotopic (exact) mass is 347 g/mol. The molecular formula is C20H17N3O3. The number of aromatic nitrogens is 1. The number of aryl methyl sites for hydroxylation is 1. The van der Waals surface area contributed by atoms with Crippen LogP contribution in [0.25, 0.3) is 10.9 Å². The van der Waals surface area contributed by atoms with Crippen molar-refractivity contribution in [3.8, 4) is 5.75 Å². The predicted octanol–water partition coefficient (Wildman–Crippen LogP) is 3.14. The van der Waals surface area contributed by atoms with Crippen LogP contribution in [0.2, 0.25) is 0 Å². The molecular weight excluding hydrogens is 330 g/mol. The number of nitrogens with one attached hydrogen (secondary N) is 2. The first-order valence-electron chi connectivity index (χ1n) is 8.38. The Morgan fingerprint density at radius 1 is 1.19 bits per heavy atom. The summed E-state index contributed by atoms with van der Waals surface area (Å²) >= 11 is 0. The summed E-state index contributed by atoms with van der Waals surface area (Å²) in [6.07, 6.45) is 2.60. The van der Waals surface area contributed by atoms with E-state index in [0.29, 0.717) is 30.0 Å². The molecule has 130 valence electrons. The van der Waals surface area contributed by atoms with Crippen molar-refractivity contribution in [2.24, 2.45) is 0 Å². The number of hydrogen-bond acceptors (Lipinski definition) is 4. The van der Waals surface area contributed by atoms with Gasteiger partial charge in [0.25, 0.3) is 5.91 Å². The van der Waals surface area contributed by atoms with E-state index in [9.17, 15) is 9.59 Å². The molecule has 6 heteroatoms. The van der Waals surface area contributed by atoms with E-state index in [1.807, 2.05) is 48.5 Å². The van der Waals surface area contributed by atoms with Gasteiger partial charge in [0.05, 0.1) is 16.9 Å². The summed E-state index contributed by atoms with van der Waals surface area (Å²) in [6, 6.07) is 15.1. The standard InChI is InChI=1S/C20H17N3O3/c24-18(22-15-5-1-3-14-4-2-10-21-20(14)15)9-7-13-6-8-17-16(11-13)23-19(25)12-26-17/h1-6,8,10-11H,7,9,12H2,(H,22,24)(H,23,25). The van der Waals surface area contributed by atoms with Crippen molar-refractivity contribution in [1.29, 1.82) is 0 Å². The van der Waals surface area contributed by atoms with E-state index in [-0.39, 0.29) is 18.4 Å². The van der Waals surface area contributed by atoms with E-state index in [4.69, 9.17) is 4.74 Å². The normalized spacial score (nSPS) is 12.8. The van der Waals surface area contributed by atoms with Gasteiger partial charge in [-0.25, -0.2) is 0 Å². The fourth-order valence-electron chi connectivity index (χ4n) is 2.96. The zero-order chi connectivity index (χ0) is 17.9. The molecule has 0 saturated carbocycles. The number of amides is 2. The maximum atomic E-state index is 12.3. The van der Waals surface area contributed by atoms with E-state index in [1.165, 1.54) is 0 Å². The second-order valence-electron chi connectivity index (χ2n) is 6.10. The average molecular weight is 347 g/mol. The van der Waals surface area contributed by atoms with Crippen LogP contribution in [0.1, 0.15) is 12.0 Å². The first-order chi connectivity index (χ1) is 12.7. The Hall–Kier alpha value is -3.41. The molecule has 0 bridgehead atoms. The minimum absolute atomic E-state index is 0.0355. The van der Waals surface area contributed by atoms with Gasteiger partial charge in [-0.05, 0) is 36.2 Å². The molecule has 1 aliphatic heterocycles. The summed E-state index contributed by atoms with van der Waals surface area (Å²) in [5.41, 5.74) is 3.09. The number of carbonyl (C=O) groups is 2. The zero-order valence-corrected chi connectivity index (χ0v) is 14.0. The van der Waals surface area contributed by atoms with Gasteiger partial charge in [0.1, 0.15) is 5.75 Å². The Morgan fingerprint density at radius 3 is 3.00 bits per heavy atom. The van der Waals surface area contributed by atoms with Crippen molar-refractivity contribution in [3.05, 3.63) is 60.3 Å². The van der Waals surface area contributed by atoms with E-state index in [2.05, 4.69) is 15.6 Å². The lowest BCUT2D eigenvalue weighted by Gasteiger charge is -2.18. The molecule has 0 spiro atoms. The largest absolute Gasteiger partial charge is 0.482 e. The van der Waals surface area contributed by atoms with Crippen LogP contribution in [0.5, 0.6) is 5.75 Å². The van der Waals surface area contributed by atoms with Crippen molar-refractivity contribution in [2.75, 3.05) is 17.2 Å². The molecule has 4 rings (SSSR count). The van der Waals surface area contributed by atoms with Crippen LogP contribution in [0.3, 0.4) is 0 Å². The highest BCUT2D eigenvalue weighted by Crippen LogP contribution is 2.29. The minimum Gasteiger partial charge on any atom is -0.482 e. The van der Waals surface area contributed by atoms with Crippen LogP contribution in [0.4, 0.5) is 11.4 Å². The van der Waals surface area contributed by atoms with E-state index in [1.54, 1.807) is 6.20 Å². The zero-order valence-electron chi connectivity index (χ0n) is 14.0. The smallest absolute Gasteiger partial charge is 0.262 e. The molecule has 2 aromatic carbocycles. The van der Waals surface area contributed by atoms with Gasteiger partial charge >= 0.3 is 0 Å². The maximum Gasteiger partial charge on any atom is 0.262 e. The summed E-state index contributed by atoms with van der Waals surface area (Å²) < 4.78 is 5.34. The molecule has 2 amide bonds. The maximum absolute atomic E-state index is 12.3. The SMILES string of the molecule is O=C1COc2ccc(CCC(=O)Nc3cccc4cccnc34)cc2N1. The minimum atomic E-state index is -0.171. The second kappa shape index (κ2) is 6.84. The number of anilines is 2. The van der Waals surface area contributed by atoms with Crippen molar-refractivity contribution >= 4 is 34.1 Å². The third-order valence-electron chi connectivity index (χ3n) is 4.22. The highest BCUT2D eigenvalue weighted by atomic mass is 16.5. The molecule has 0 unspecified atom stereocenters. The molecule has 1 aromatic heterocycles. The number of carbonyl (C=O) groups excluding carboxylic acids is 2. The lowest BCUT2D eigenvalue weighted by Crippen LogP contribution is -2.25. The molecule has 1 aliphatic rings. The lowest BCUT2D eigenvalue weighted by molar-refractivity contribution is -0.118. The first kappa shape index (κ1) is 16.1. The number of hydrogen-bond donors (Lipinski definition) is 2.